The van der Waals surface area contributed by atoms with Crippen LogP contribution in [-0.4, -0.2) is 49.6 Å². The molecule has 4 nitrogen and oxygen atoms in total. The van der Waals surface area contributed by atoms with Crippen molar-refractivity contribution < 1.29 is 4.74 Å². The molecule has 0 bridgehead atoms. The highest BCUT2D eigenvalue weighted by Crippen LogP contribution is 2.08. The number of hydrogen-bond donors (Lipinski definition) is 1. The number of aliphatic imine (C=N–C) groups is 1. The van der Waals surface area contributed by atoms with Gasteiger partial charge in [-0.05, 0) is 12.8 Å². The van der Waals surface area contributed by atoms with Gasteiger partial charge in [-0.25, -0.2) is 0 Å². The van der Waals surface area contributed by atoms with Crippen LogP contribution < -0.4 is 5.73 Å². The Morgan fingerprint density at radius 3 is 2.85 bits per heavy atom. The molecule has 13 heavy (non-hydrogen) atoms. The van der Waals surface area contributed by atoms with E-state index in [1.807, 2.05) is 0 Å². The van der Waals surface area contributed by atoms with Crippen LogP contribution in [0.5, 0.6) is 0 Å². The van der Waals surface area contributed by atoms with Gasteiger partial charge in [0.1, 0.15) is 6.61 Å². The molecule has 1 fully saturated rings. The van der Waals surface area contributed by atoms with Crippen molar-refractivity contribution >= 4 is 5.90 Å². The third-order valence-corrected chi connectivity index (χ3v) is 2.64. The van der Waals surface area contributed by atoms with Gasteiger partial charge in [-0.1, -0.05) is 0 Å². The lowest BCUT2D eigenvalue weighted by molar-refractivity contribution is 0.222. The lowest BCUT2D eigenvalue weighted by Crippen LogP contribution is -2.41. The molecule has 2 aliphatic rings. The third-order valence-electron chi connectivity index (χ3n) is 2.64. The van der Waals surface area contributed by atoms with E-state index in [-0.39, 0.29) is 0 Å². The molecular weight excluding hydrogens is 166 g/mol. The van der Waals surface area contributed by atoms with Gasteiger partial charge in [0.25, 0.3) is 0 Å². The predicted molar refractivity (Wildman–Crippen MR) is 51.9 cm³/mol. The van der Waals surface area contributed by atoms with Crippen LogP contribution in [0, 0.1) is 0 Å². The maximum absolute atomic E-state index is 5.82. The minimum Gasteiger partial charge on any atom is -0.478 e. The fourth-order valence-corrected chi connectivity index (χ4v) is 1.78. The Labute approximate surface area is 78.8 Å². The van der Waals surface area contributed by atoms with Crippen LogP contribution in [0.1, 0.15) is 12.8 Å². The van der Waals surface area contributed by atoms with Crippen molar-refractivity contribution in [1.82, 2.24) is 4.90 Å². The monoisotopic (exact) mass is 183 g/mol. The molecular formula is C9H17N3O. The minimum atomic E-state index is 0.405. The molecule has 0 atom stereocenters. The Morgan fingerprint density at radius 2 is 2.23 bits per heavy atom. The van der Waals surface area contributed by atoms with Crippen LogP contribution in [0.25, 0.3) is 0 Å². The van der Waals surface area contributed by atoms with Gasteiger partial charge < -0.3 is 10.5 Å². The summed E-state index contributed by atoms with van der Waals surface area (Å²) in [6.07, 6.45) is 2.21. The summed E-state index contributed by atoms with van der Waals surface area (Å²) in [5, 5.41) is 0. The van der Waals surface area contributed by atoms with Crippen LogP contribution >= 0.6 is 0 Å². The predicted octanol–water partition coefficient (Wildman–Crippen LogP) is -0.162. The summed E-state index contributed by atoms with van der Waals surface area (Å²) in [6.45, 7) is 4.66. The highest BCUT2D eigenvalue weighted by Gasteiger charge is 2.18. The number of nitrogens with zero attached hydrogens (tertiary/aromatic N) is 2. The fraction of sp³-hybridized carbons (Fsp3) is 0.889. The second kappa shape index (κ2) is 4.07. The molecule has 0 aromatic rings. The highest BCUT2D eigenvalue weighted by molar-refractivity contribution is 5.79. The smallest absolute Gasteiger partial charge is 0.198 e. The number of likely N-dealkylation sites (tertiary alicyclic amines) is 1. The molecule has 0 spiro atoms. The van der Waals surface area contributed by atoms with E-state index < -0.39 is 0 Å². The van der Waals surface area contributed by atoms with Gasteiger partial charge in [-0.3, -0.25) is 9.89 Å². The van der Waals surface area contributed by atoms with Gasteiger partial charge in [0.15, 0.2) is 5.90 Å². The molecule has 0 aromatic carbocycles. The first kappa shape index (κ1) is 8.97. The Balaban J connectivity index is 1.75. The molecule has 74 valence electrons. The summed E-state index contributed by atoms with van der Waals surface area (Å²) >= 11 is 0. The van der Waals surface area contributed by atoms with Gasteiger partial charge in [0.05, 0.1) is 13.1 Å². The molecule has 1 saturated heterocycles. The van der Waals surface area contributed by atoms with E-state index in [9.17, 15) is 0 Å². The zero-order valence-corrected chi connectivity index (χ0v) is 7.91. The van der Waals surface area contributed by atoms with Crippen molar-refractivity contribution in [3.63, 3.8) is 0 Å². The summed E-state index contributed by atoms with van der Waals surface area (Å²) < 4.78 is 5.36. The van der Waals surface area contributed by atoms with E-state index in [0.29, 0.717) is 6.04 Å². The molecule has 0 unspecified atom stereocenters. The molecule has 2 rings (SSSR count). The third kappa shape index (κ3) is 2.42. The zero-order chi connectivity index (χ0) is 9.10. The van der Waals surface area contributed by atoms with Crippen molar-refractivity contribution in [2.45, 2.75) is 18.9 Å². The average Bonchev–Trinajstić information content (AvgIpc) is 2.62. The molecule has 2 heterocycles. The number of hydrogen-bond acceptors (Lipinski definition) is 4. The van der Waals surface area contributed by atoms with Gasteiger partial charge in [0, 0.05) is 19.1 Å². The van der Waals surface area contributed by atoms with Crippen LogP contribution in [0.2, 0.25) is 0 Å². The van der Waals surface area contributed by atoms with E-state index in [0.717, 1.165) is 51.5 Å². The minimum absolute atomic E-state index is 0.405. The maximum atomic E-state index is 5.82. The quantitative estimate of drug-likeness (QED) is 0.647. The lowest BCUT2D eigenvalue weighted by Gasteiger charge is -2.29. The van der Waals surface area contributed by atoms with E-state index in [2.05, 4.69) is 9.89 Å². The zero-order valence-electron chi connectivity index (χ0n) is 7.91. The van der Waals surface area contributed by atoms with Gasteiger partial charge in [-0.15, -0.1) is 0 Å². The first-order chi connectivity index (χ1) is 6.34. The standard InChI is InChI=1S/C9H17N3O/c10-8-1-4-12(5-2-8)7-9-11-3-6-13-9/h8H,1-7,10H2. The average molecular weight is 183 g/mol. The molecule has 0 aliphatic carbocycles. The molecule has 0 radical (unpaired) electrons. The molecule has 2 aliphatic heterocycles. The first-order valence-electron chi connectivity index (χ1n) is 4.98. The first-order valence-corrected chi connectivity index (χ1v) is 4.98. The van der Waals surface area contributed by atoms with Crippen molar-refractivity contribution in [3.05, 3.63) is 0 Å². The Kier molecular flexibility index (Phi) is 2.80. The van der Waals surface area contributed by atoms with Crippen molar-refractivity contribution in [2.75, 3.05) is 32.8 Å². The molecule has 4 heteroatoms. The van der Waals surface area contributed by atoms with Crippen molar-refractivity contribution in [3.8, 4) is 0 Å². The number of piperidine rings is 1. The second-order valence-corrected chi connectivity index (χ2v) is 3.74. The van der Waals surface area contributed by atoms with Crippen LogP contribution in [0.4, 0.5) is 0 Å². The number of ether oxygens (including phenoxy) is 1. The molecule has 0 amide bonds. The Hall–Kier alpha value is -0.610. The Bertz CT molecular complexity index is 197. The Morgan fingerprint density at radius 1 is 1.46 bits per heavy atom. The molecule has 0 saturated carbocycles. The SMILES string of the molecule is NC1CCN(CC2=NCCO2)CC1. The summed E-state index contributed by atoms with van der Waals surface area (Å²) in [4.78, 5) is 6.64. The summed E-state index contributed by atoms with van der Waals surface area (Å²) in [5.74, 6) is 0.912. The summed E-state index contributed by atoms with van der Waals surface area (Å²) in [7, 11) is 0. The van der Waals surface area contributed by atoms with E-state index in [1.165, 1.54) is 0 Å². The topological polar surface area (TPSA) is 50.8 Å². The van der Waals surface area contributed by atoms with E-state index in [4.69, 9.17) is 10.5 Å². The molecule has 0 aromatic heterocycles. The van der Waals surface area contributed by atoms with Gasteiger partial charge in [-0.2, -0.15) is 0 Å². The second-order valence-electron chi connectivity index (χ2n) is 3.74. The lowest BCUT2D eigenvalue weighted by atomic mass is 10.1. The van der Waals surface area contributed by atoms with Crippen LogP contribution in [0.3, 0.4) is 0 Å². The summed E-state index contributed by atoms with van der Waals surface area (Å²) in [6, 6.07) is 0.405. The van der Waals surface area contributed by atoms with Crippen LogP contribution in [0.15, 0.2) is 4.99 Å². The fourth-order valence-electron chi connectivity index (χ4n) is 1.78. The number of rotatable bonds is 2. The number of nitrogens with two attached hydrogens (primary N) is 1. The van der Waals surface area contributed by atoms with E-state index in [1.54, 1.807) is 0 Å². The van der Waals surface area contributed by atoms with Crippen LogP contribution in [-0.2, 0) is 4.74 Å². The maximum Gasteiger partial charge on any atom is 0.198 e. The largest absolute Gasteiger partial charge is 0.478 e. The normalized spacial score (nSPS) is 25.8. The highest BCUT2D eigenvalue weighted by atomic mass is 16.5. The van der Waals surface area contributed by atoms with Gasteiger partial charge in [0.2, 0.25) is 0 Å². The van der Waals surface area contributed by atoms with Crippen molar-refractivity contribution in [2.24, 2.45) is 10.7 Å². The molecule has 2 N–H and O–H groups in total. The van der Waals surface area contributed by atoms with Crippen molar-refractivity contribution in [1.29, 1.82) is 0 Å². The summed E-state index contributed by atoms with van der Waals surface area (Å²) in [5.41, 5.74) is 5.82. The van der Waals surface area contributed by atoms with E-state index >= 15 is 0 Å². The van der Waals surface area contributed by atoms with Gasteiger partial charge >= 0.3 is 0 Å².